The van der Waals surface area contributed by atoms with Crippen LogP contribution in [0.4, 0.5) is 0 Å². The number of hydrogen-bond acceptors (Lipinski definition) is 0. The Bertz CT molecular complexity index is 1490. The molecule has 7 aromatic rings. The average molecular weight is 834 g/mol. The molecule has 46 heavy (non-hydrogen) atoms. The predicted octanol–water partition coefficient (Wildman–Crippen LogP) is 8.35. The van der Waals surface area contributed by atoms with Crippen LogP contribution in [0.5, 0.6) is 0 Å². The fourth-order valence-electron chi connectivity index (χ4n) is 4.78. The van der Waals surface area contributed by atoms with Gasteiger partial charge in [0.2, 0.25) is 0 Å². The van der Waals surface area contributed by atoms with Crippen molar-refractivity contribution in [2.75, 3.05) is 0 Å². The third-order valence-electron chi connectivity index (χ3n) is 6.87. The molecule has 0 spiro atoms. The Morgan fingerprint density at radius 1 is 0.283 bits per heavy atom. The second-order valence-electron chi connectivity index (χ2n) is 10.1. The van der Waals surface area contributed by atoms with Crippen molar-refractivity contribution in [3.05, 3.63) is 210 Å². The molecule has 0 aromatic heterocycles. The summed E-state index contributed by atoms with van der Waals surface area (Å²) in [4.78, 5) is 0. The molecular formula is C42H34IP2Pd. The summed E-state index contributed by atoms with van der Waals surface area (Å²) >= 11 is 5.37. The van der Waals surface area contributed by atoms with E-state index in [1.165, 1.54) is 39.4 Å². The van der Waals surface area contributed by atoms with Crippen molar-refractivity contribution in [2.45, 2.75) is 0 Å². The van der Waals surface area contributed by atoms with Crippen LogP contribution in [0.15, 0.2) is 206 Å². The van der Waals surface area contributed by atoms with Crippen LogP contribution in [0.2, 0.25) is 0 Å². The molecule has 0 fully saturated rings. The quantitative estimate of drug-likeness (QED) is 0.0899. The van der Waals surface area contributed by atoms with Gasteiger partial charge in [-0.3, -0.25) is 0 Å². The fraction of sp³-hybridized carbons (Fsp3) is 0. The molecule has 7 aromatic carbocycles. The minimum atomic E-state index is -0.446. The van der Waals surface area contributed by atoms with E-state index < -0.39 is 15.8 Å². The molecule has 0 atom stereocenters. The van der Waals surface area contributed by atoms with Crippen LogP contribution < -0.4 is 35.9 Å². The summed E-state index contributed by atoms with van der Waals surface area (Å²) in [6.45, 7) is 0. The van der Waals surface area contributed by atoms with E-state index in [4.69, 9.17) is 0 Å². The van der Waals surface area contributed by atoms with Crippen molar-refractivity contribution in [1.82, 2.24) is 0 Å². The molecule has 0 bridgehead atoms. The Labute approximate surface area is 301 Å². The van der Waals surface area contributed by atoms with Crippen LogP contribution in [0.25, 0.3) is 0 Å². The molecule has 0 aliphatic heterocycles. The summed E-state index contributed by atoms with van der Waals surface area (Å²) in [5.74, 6) is 0. The van der Waals surface area contributed by atoms with Crippen LogP contribution in [0.1, 0.15) is 0 Å². The van der Waals surface area contributed by atoms with E-state index in [0.717, 1.165) is 0 Å². The van der Waals surface area contributed by atoms with Crippen molar-refractivity contribution in [2.24, 2.45) is 0 Å². The van der Waals surface area contributed by atoms with Crippen LogP contribution in [0, 0.1) is 3.57 Å². The van der Waals surface area contributed by atoms with Gasteiger partial charge in [-0.25, -0.2) is 0 Å². The molecule has 229 valence electrons. The van der Waals surface area contributed by atoms with Crippen molar-refractivity contribution in [3.8, 4) is 0 Å². The molecular weight excluding hydrogens is 800 g/mol. The van der Waals surface area contributed by atoms with Gasteiger partial charge in [-0.2, -0.15) is 0 Å². The van der Waals surface area contributed by atoms with Gasteiger partial charge in [-0.05, 0) is 47.7 Å². The van der Waals surface area contributed by atoms with E-state index in [1.807, 2.05) is 12.1 Å². The first-order chi connectivity index (χ1) is 22.7. The van der Waals surface area contributed by atoms with E-state index in [9.17, 15) is 0 Å². The van der Waals surface area contributed by atoms with Crippen molar-refractivity contribution < 1.29 is 19.2 Å². The molecule has 7 rings (SSSR count). The molecule has 0 saturated carbocycles. The van der Waals surface area contributed by atoms with Crippen molar-refractivity contribution >= 4 is 74.3 Å². The summed E-state index contributed by atoms with van der Waals surface area (Å²) in [5.41, 5.74) is 0. The maximum Gasteiger partial charge on any atom is -0.0134 e. The molecule has 0 heterocycles. The molecule has 0 unspecified atom stereocenters. The van der Waals surface area contributed by atoms with E-state index in [2.05, 4.69) is 236 Å². The summed E-state index contributed by atoms with van der Waals surface area (Å²) < 4.78 is 2.45. The normalized spacial score (nSPS) is 10.4. The zero-order valence-corrected chi connectivity index (χ0v) is 30.7. The molecule has 4 heteroatoms. The number of hydrogen-bond donors (Lipinski definition) is 0. The van der Waals surface area contributed by atoms with E-state index >= 15 is 0 Å². The van der Waals surface area contributed by atoms with E-state index in [1.54, 1.807) is 0 Å². The minimum absolute atomic E-state index is 0.446. The topological polar surface area (TPSA) is 0 Å². The van der Waals surface area contributed by atoms with E-state index in [0.29, 0.717) is 0 Å². The van der Waals surface area contributed by atoms with Gasteiger partial charge in [-0.15, -0.1) is 0 Å². The third-order valence-corrected chi connectivity index (χ3v) is 13.0. The fourth-order valence-corrected chi connectivity index (χ4v) is 10.0. The SMILES string of the molecule is [Pd][c]1ccc(I)cc1.c1ccc(P(c2ccccc2)c2ccccc2)cc1.c1ccc(P(c2ccccc2)c2ccccc2)cc1. The third kappa shape index (κ3) is 10.4. The Balaban J connectivity index is 0.000000147. The van der Waals surface area contributed by atoms with Gasteiger partial charge in [-0.1, -0.05) is 182 Å². The maximum atomic E-state index is 3.09. The summed E-state index contributed by atoms with van der Waals surface area (Å²) in [7, 11) is -0.892. The smallest absolute Gasteiger partial charge is 0.0134 e. The first-order valence-electron chi connectivity index (χ1n) is 15.0. The molecule has 0 saturated heterocycles. The Kier molecular flexibility index (Phi) is 14.0. The van der Waals surface area contributed by atoms with Crippen LogP contribution in [-0.4, -0.2) is 0 Å². The largest absolute Gasteiger partial charge is 0.0622 e. The zero-order chi connectivity index (χ0) is 31.8. The van der Waals surface area contributed by atoms with Gasteiger partial charge < -0.3 is 0 Å². The van der Waals surface area contributed by atoms with Gasteiger partial charge in [0.15, 0.2) is 0 Å². The second kappa shape index (κ2) is 18.8. The molecule has 0 aliphatic rings. The standard InChI is InChI=1S/2C18H15P.C6H4I.Pd/c2*1-4-10-16(11-5-1)19(17-12-6-2-7-13-17)18-14-8-3-9-15-18;7-6-4-2-1-3-5-6;/h2*1-15H;2-5H;. The van der Waals surface area contributed by atoms with Gasteiger partial charge in [0.1, 0.15) is 0 Å². The number of halogens is 1. The predicted molar refractivity (Wildman–Crippen MR) is 209 cm³/mol. The molecule has 0 N–H and O–H groups in total. The Morgan fingerprint density at radius 3 is 0.652 bits per heavy atom. The minimum Gasteiger partial charge on any atom is -0.0622 e. The maximum absolute atomic E-state index is 3.09. The van der Waals surface area contributed by atoms with E-state index in [-0.39, 0.29) is 0 Å². The zero-order valence-electron chi connectivity index (χ0n) is 25.2. The van der Waals surface area contributed by atoms with Crippen LogP contribution >= 0.6 is 38.4 Å². The number of benzene rings is 7. The monoisotopic (exact) mass is 833 g/mol. The summed E-state index contributed by atoms with van der Waals surface area (Å²) in [5, 5.41) is 8.39. The number of rotatable bonds is 6. The second-order valence-corrected chi connectivity index (χ2v) is 16.7. The molecule has 0 radical (unpaired) electrons. The van der Waals surface area contributed by atoms with Crippen molar-refractivity contribution in [1.29, 1.82) is 0 Å². The van der Waals surface area contributed by atoms with Crippen LogP contribution in [-0.2, 0) is 19.2 Å². The Hall–Kier alpha value is -3.21. The van der Waals surface area contributed by atoms with Gasteiger partial charge in [0.05, 0.1) is 0 Å². The van der Waals surface area contributed by atoms with Crippen LogP contribution in [0.3, 0.4) is 0 Å². The summed E-state index contributed by atoms with van der Waals surface area (Å²) in [6.07, 6.45) is 0. The first kappa shape index (κ1) is 34.1. The molecule has 0 nitrogen and oxygen atoms in total. The first-order valence-corrected chi connectivity index (χ1v) is 19.5. The van der Waals surface area contributed by atoms with Gasteiger partial charge in [0.25, 0.3) is 0 Å². The average Bonchev–Trinajstić information content (AvgIpc) is 3.13. The van der Waals surface area contributed by atoms with Gasteiger partial charge >= 0.3 is 73.7 Å². The van der Waals surface area contributed by atoms with Crippen molar-refractivity contribution in [3.63, 3.8) is 0 Å². The van der Waals surface area contributed by atoms with Gasteiger partial charge in [0, 0.05) is 0 Å². The molecule has 0 amide bonds. The molecule has 0 aliphatic carbocycles. The Morgan fingerprint density at radius 2 is 0.478 bits per heavy atom. The summed E-state index contributed by atoms with van der Waals surface area (Å²) in [6, 6.07) is 72.9.